The van der Waals surface area contributed by atoms with E-state index < -0.39 is 28.0 Å². The van der Waals surface area contributed by atoms with Gasteiger partial charge in [0.1, 0.15) is 5.75 Å². The summed E-state index contributed by atoms with van der Waals surface area (Å²) in [5.41, 5.74) is 2.84. The summed E-state index contributed by atoms with van der Waals surface area (Å²) in [4.78, 5) is 13.4. The number of carbonyl (C=O) groups is 1. The van der Waals surface area contributed by atoms with Gasteiger partial charge in [0.15, 0.2) is 6.10 Å². The second kappa shape index (κ2) is 13.8. The number of sulfone groups is 1. The van der Waals surface area contributed by atoms with Gasteiger partial charge in [-0.2, -0.15) is 0 Å². The Balaban J connectivity index is 1.43. The van der Waals surface area contributed by atoms with Crippen LogP contribution in [-0.2, 0) is 27.6 Å². The lowest BCUT2D eigenvalue weighted by atomic mass is 10.1. The molecule has 214 valence electrons. The molecule has 2 N–H and O–H groups in total. The fraction of sp³-hybridized carbons (Fsp3) is 0.219. The number of rotatable bonds is 13. The highest BCUT2D eigenvalue weighted by Gasteiger charge is 2.19. The van der Waals surface area contributed by atoms with Crippen LogP contribution >= 0.6 is 11.6 Å². The molecule has 0 aliphatic carbocycles. The molecule has 0 saturated carbocycles. The van der Waals surface area contributed by atoms with Crippen molar-refractivity contribution in [2.75, 3.05) is 13.1 Å². The van der Waals surface area contributed by atoms with Crippen molar-refractivity contribution >= 4 is 27.4 Å². The van der Waals surface area contributed by atoms with Crippen molar-refractivity contribution in [2.45, 2.75) is 41.9 Å². The number of carboxylic acids is 1. The van der Waals surface area contributed by atoms with E-state index in [4.69, 9.17) is 21.4 Å². The molecule has 4 aromatic carbocycles. The van der Waals surface area contributed by atoms with E-state index in [0.29, 0.717) is 31.1 Å². The van der Waals surface area contributed by atoms with Gasteiger partial charge in [-0.1, -0.05) is 66.2 Å². The first-order valence-electron chi connectivity index (χ1n) is 13.1. The molecule has 0 radical (unpaired) electrons. The maximum atomic E-state index is 13.2. The van der Waals surface area contributed by atoms with Gasteiger partial charge < -0.3 is 14.9 Å². The minimum Gasteiger partial charge on any atom is -0.479 e. The normalized spacial score (nSPS) is 13.1. The third-order valence-electron chi connectivity index (χ3n) is 6.66. The van der Waals surface area contributed by atoms with Gasteiger partial charge in [-0.3, -0.25) is 4.90 Å². The van der Waals surface area contributed by atoms with Crippen molar-refractivity contribution in [1.82, 2.24) is 4.90 Å². The fourth-order valence-corrected chi connectivity index (χ4v) is 5.81. The number of hydrogen-bond acceptors (Lipinski definition) is 6. The monoisotopic (exact) mass is 593 g/mol. The highest BCUT2D eigenvalue weighted by atomic mass is 35.5. The van der Waals surface area contributed by atoms with Gasteiger partial charge in [-0.15, -0.1) is 0 Å². The Morgan fingerprint density at radius 1 is 0.878 bits per heavy atom. The van der Waals surface area contributed by atoms with E-state index in [-0.39, 0.29) is 15.5 Å². The number of aliphatic carboxylic acids is 1. The molecule has 9 heteroatoms. The van der Waals surface area contributed by atoms with Crippen LogP contribution in [0.4, 0.5) is 0 Å². The van der Waals surface area contributed by atoms with Gasteiger partial charge in [-0.05, 0) is 78.6 Å². The lowest BCUT2D eigenvalue weighted by Gasteiger charge is -2.25. The van der Waals surface area contributed by atoms with E-state index in [9.17, 15) is 18.3 Å². The summed E-state index contributed by atoms with van der Waals surface area (Å²) in [7, 11) is -3.77. The number of benzene rings is 4. The Labute approximate surface area is 245 Å². The summed E-state index contributed by atoms with van der Waals surface area (Å²) in [5.74, 6) is -0.836. The lowest BCUT2D eigenvalue weighted by molar-refractivity contribution is -0.144. The first-order chi connectivity index (χ1) is 19.6. The number of aliphatic hydroxyl groups excluding tert-OH is 1. The van der Waals surface area contributed by atoms with Crippen LogP contribution < -0.4 is 4.74 Å². The first kappa shape index (κ1) is 30.3. The van der Waals surface area contributed by atoms with Crippen LogP contribution in [0, 0.1) is 0 Å². The van der Waals surface area contributed by atoms with Gasteiger partial charge in [0.25, 0.3) is 0 Å². The molecule has 7 nitrogen and oxygen atoms in total. The summed E-state index contributed by atoms with van der Waals surface area (Å²) in [6.07, 6.45) is -1.11. The zero-order chi connectivity index (χ0) is 29.4. The molecular formula is C32H32ClNO6S. The lowest BCUT2D eigenvalue weighted by Crippen LogP contribution is -2.30. The molecule has 0 heterocycles. The number of halogens is 1. The van der Waals surface area contributed by atoms with Crippen molar-refractivity contribution in [3.63, 3.8) is 0 Å². The van der Waals surface area contributed by atoms with Crippen LogP contribution in [0.25, 0.3) is 0 Å². The van der Waals surface area contributed by atoms with E-state index >= 15 is 0 Å². The Morgan fingerprint density at radius 3 is 2.12 bits per heavy atom. The van der Waals surface area contributed by atoms with Crippen LogP contribution in [0.1, 0.15) is 29.7 Å². The fourth-order valence-electron chi connectivity index (χ4n) is 4.35. The molecule has 0 aromatic heterocycles. The number of hydrogen-bond donors (Lipinski definition) is 2. The summed E-state index contributed by atoms with van der Waals surface area (Å²) >= 11 is 6.12. The maximum Gasteiger partial charge on any atom is 0.344 e. The third-order valence-corrected chi connectivity index (χ3v) is 8.68. The Bertz CT molecular complexity index is 1540. The van der Waals surface area contributed by atoms with Crippen molar-refractivity contribution in [1.29, 1.82) is 0 Å². The SMILES string of the molecule is C[C@H](Oc1ccc(S(=O)(=O)c2ccc(CCN(Cc3ccccc3)C[C@@H](O)c3cccc(Cl)c3)cc2)cc1)C(=O)O. The summed E-state index contributed by atoms with van der Waals surface area (Å²) in [5, 5.41) is 20.5. The van der Waals surface area contributed by atoms with E-state index in [1.165, 1.54) is 31.2 Å². The predicted octanol–water partition coefficient (Wildman–Crippen LogP) is 5.80. The molecule has 2 atom stereocenters. The Kier molecular flexibility index (Phi) is 10.2. The zero-order valence-electron chi connectivity index (χ0n) is 22.6. The first-order valence-corrected chi connectivity index (χ1v) is 15.0. The quantitative estimate of drug-likeness (QED) is 0.202. The molecule has 0 spiro atoms. The van der Waals surface area contributed by atoms with Gasteiger partial charge >= 0.3 is 5.97 Å². The van der Waals surface area contributed by atoms with E-state index in [0.717, 1.165) is 16.7 Å². The van der Waals surface area contributed by atoms with Crippen LogP contribution in [0.15, 0.2) is 113 Å². The van der Waals surface area contributed by atoms with E-state index in [2.05, 4.69) is 4.90 Å². The average molecular weight is 594 g/mol. The molecular weight excluding hydrogens is 562 g/mol. The second-order valence-corrected chi connectivity index (χ2v) is 12.1. The molecule has 0 aliphatic heterocycles. The van der Waals surface area contributed by atoms with Crippen molar-refractivity contribution in [3.8, 4) is 5.75 Å². The molecule has 0 unspecified atom stereocenters. The van der Waals surface area contributed by atoms with E-state index in [1.54, 1.807) is 36.4 Å². The van der Waals surface area contributed by atoms with E-state index in [1.807, 2.05) is 42.5 Å². The van der Waals surface area contributed by atoms with Crippen LogP contribution in [0.2, 0.25) is 5.02 Å². The predicted molar refractivity (Wildman–Crippen MR) is 158 cm³/mol. The largest absolute Gasteiger partial charge is 0.479 e. The summed E-state index contributed by atoms with van der Waals surface area (Å²) in [6, 6.07) is 29.7. The molecule has 0 fully saturated rings. The minimum absolute atomic E-state index is 0.0876. The molecule has 41 heavy (non-hydrogen) atoms. The van der Waals surface area contributed by atoms with Gasteiger partial charge in [0.2, 0.25) is 9.84 Å². The maximum absolute atomic E-state index is 13.2. The Hall–Kier alpha value is -3.69. The molecule has 4 aromatic rings. The van der Waals surface area contributed by atoms with Gasteiger partial charge in [0, 0.05) is 24.7 Å². The smallest absolute Gasteiger partial charge is 0.344 e. The second-order valence-electron chi connectivity index (χ2n) is 9.76. The zero-order valence-corrected chi connectivity index (χ0v) is 24.1. The molecule has 0 bridgehead atoms. The van der Waals surface area contributed by atoms with Gasteiger partial charge in [-0.25, -0.2) is 13.2 Å². The summed E-state index contributed by atoms with van der Waals surface area (Å²) in [6.45, 7) is 3.11. The number of carboxylic acid groups (broad SMARTS) is 1. The average Bonchev–Trinajstić information content (AvgIpc) is 2.97. The van der Waals surface area contributed by atoms with Crippen molar-refractivity contribution in [2.24, 2.45) is 0 Å². The summed E-state index contributed by atoms with van der Waals surface area (Å²) < 4.78 is 31.6. The molecule has 0 aliphatic rings. The molecule has 0 saturated heterocycles. The molecule has 0 amide bonds. The van der Waals surface area contributed by atoms with Crippen molar-refractivity contribution in [3.05, 3.63) is 125 Å². The number of nitrogens with zero attached hydrogens (tertiary/aromatic N) is 1. The highest BCUT2D eigenvalue weighted by molar-refractivity contribution is 7.91. The minimum atomic E-state index is -3.77. The third kappa shape index (κ3) is 8.41. The van der Waals surface area contributed by atoms with Crippen LogP contribution in [0.3, 0.4) is 0 Å². The van der Waals surface area contributed by atoms with Crippen LogP contribution in [-0.4, -0.2) is 48.7 Å². The van der Waals surface area contributed by atoms with Crippen molar-refractivity contribution < 1.29 is 28.2 Å². The van der Waals surface area contributed by atoms with Gasteiger partial charge in [0.05, 0.1) is 15.9 Å². The number of ether oxygens (including phenoxy) is 1. The number of aliphatic hydroxyl groups is 1. The highest BCUT2D eigenvalue weighted by Crippen LogP contribution is 2.25. The Morgan fingerprint density at radius 2 is 1.51 bits per heavy atom. The topological polar surface area (TPSA) is 104 Å². The molecule has 4 rings (SSSR count). The standard InChI is InChI=1S/C32H32ClNO6S/c1-23(32(36)37)40-28-12-16-30(17-13-28)41(38,39)29-14-10-24(11-15-29)18-19-34(21-25-6-3-2-4-7-25)22-31(35)26-8-5-9-27(33)20-26/h2-17,20,23,31,35H,18-19,21-22H2,1H3,(H,36,37)/t23-,31+/m0/s1. The van der Waals surface area contributed by atoms with Crippen LogP contribution in [0.5, 0.6) is 5.75 Å².